The minimum atomic E-state index is -0.319. The van der Waals surface area contributed by atoms with Gasteiger partial charge in [0.15, 0.2) is 5.69 Å². The van der Waals surface area contributed by atoms with Crippen LogP contribution < -0.4 is 10.9 Å². The summed E-state index contributed by atoms with van der Waals surface area (Å²) in [6, 6.07) is 25.4. The van der Waals surface area contributed by atoms with Crippen LogP contribution >= 0.6 is 0 Å². The molecule has 6 heteroatoms. The average Bonchev–Trinajstić information content (AvgIpc) is 2.92. The molecular weight excluding hydrogens is 448 g/mol. The average molecular weight is 481 g/mol. The van der Waals surface area contributed by atoms with Gasteiger partial charge in [0, 0.05) is 23.7 Å². The fourth-order valence-electron chi connectivity index (χ4n) is 5.15. The zero-order valence-electron chi connectivity index (χ0n) is 20.7. The van der Waals surface area contributed by atoms with Crippen LogP contribution in [0.25, 0.3) is 10.8 Å². The van der Waals surface area contributed by atoms with Crippen molar-refractivity contribution in [2.75, 3.05) is 12.4 Å². The third-order valence-electron chi connectivity index (χ3n) is 7.14. The fraction of sp³-hybridized carbons (Fsp3) is 0.300. The van der Waals surface area contributed by atoms with Gasteiger partial charge >= 0.3 is 0 Å². The lowest BCUT2D eigenvalue weighted by Gasteiger charge is -2.31. The highest BCUT2D eigenvalue weighted by Gasteiger charge is 2.21. The number of nitrogens with one attached hydrogen (secondary N) is 1. The Bertz CT molecular complexity index is 1410. The van der Waals surface area contributed by atoms with Crippen LogP contribution in [0.3, 0.4) is 0 Å². The van der Waals surface area contributed by atoms with Crippen molar-refractivity contribution >= 4 is 22.4 Å². The maximum Gasteiger partial charge on any atom is 0.276 e. The van der Waals surface area contributed by atoms with Crippen molar-refractivity contribution in [2.24, 2.45) is 0 Å². The Kier molecular flexibility index (Phi) is 7.23. The Balaban J connectivity index is 1.45. The van der Waals surface area contributed by atoms with Crippen molar-refractivity contribution in [3.63, 3.8) is 0 Å². The van der Waals surface area contributed by atoms with Crippen molar-refractivity contribution < 1.29 is 4.79 Å². The lowest BCUT2D eigenvalue weighted by molar-refractivity contribution is 0.102. The van der Waals surface area contributed by atoms with Gasteiger partial charge in [-0.25, -0.2) is 4.68 Å². The minimum Gasteiger partial charge on any atom is -0.320 e. The van der Waals surface area contributed by atoms with Crippen LogP contribution in [-0.2, 0) is 13.1 Å². The number of amides is 1. The highest BCUT2D eigenvalue weighted by atomic mass is 16.2. The molecule has 5 rings (SSSR count). The quantitative estimate of drug-likeness (QED) is 0.381. The number of nitrogens with zero attached hydrogens (tertiary/aromatic N) is 3. The van der Waals surface area contributed by atoms with Gasteiger partial charge in [-0.2, -0.15) is 5.10 Å². The SMILES string of the molecule is CN(Cc1ccccc1NC(=O)c1nn(Cc2ccccc2)c(=O)c2ccccc12)C1CCCCC1. The van der Waals surface area contributed by atoms with E-state index >= 15 is 0 Å². The van der Waals surface area contributed by atoms with Gasteiger partial charge in [0.1, 0.15) is 0 Å². The standard InChI is InChI=1S/C30H32N4O2/c1-33(24-15-6-3-7-16-24)21-23-14-8-11-19-27(23)31-29(35)28-25-17-9-10-18-26(25)30(36)34(32-28)20-22-12-4-2-5-13-22/h2,4-5,8-14,17-19,24H,3,6-7,15-16,20-21H2,1H3,(H,31,35). The number of carbonyl (C=O) groups is 1. The van der Waals surface area contributed by atoms with E-state index in [2.05, 4.69) is 28.4 Å². The number of fused-ring (bicyclic) bond motifs is 1. The second-order valence-corrected chi connectivity index (χ2v) is 9.66. The fourth-order valence-corrected chi connectivity index (χ4v) is 5.15. The molecule has 1 amide bonds. The molecule has 36 heavy (non-hydrogen) atoms. The van der Waals surface area contributed by atoms with E-state index < -0.39 is 0 Å². The molecule has 0 radical (unpaired) electrons. The molecule has 4 aromatic rings. The first-order valence-corrected chi connectivity index (χ1v) is 12.7. The monoisotopic (exact) mass is 480 g/mol. The Hall–Kier alpha value is -3.77. The largest absolute Gasteiger partial charge is 0.320 e. The predicted molar refractivity (Wildman–Crippen MR) is 144 cm³/mol. The predicted octanol–water partition coefficient (Wildman–Crippen LogP) is 5.46. The molecule has 1 heterocycles. The van der Waals surface area contributed by atoms with E-state index in [1.807, 2.05) is 60.7 Å². The number of para-hydroxylation sites is 1. The summed E-state index contributed by atoms with van der Waals surface area (Å²) >= 11 is 0. The summed E-state index contributed by atoms with van der Waals surface area (Å²) in [5, 5.41) is 8.67. The number of carbonyl (C=O) groups excluding carboxylic acids is 1. The molecule has 1 aliphatic carbocycles. The van der Waals surface area contributed by atoms with Gasteiger partial charge in [-0.15, -0.1) is 0 Å². The summed E-state index contributed by atoms with van der Waals surface area (Å²) in [7, 11) is 2.17. The third-order valence-corrected chi connectivity index (χ3v) is 7.14. The maximum absolute atomic E-state index is 13.6. The van der Waals surface area contributed by atoms with E-state index in [9.17, 15) is 9.59 Å². The van der Waals surface area contributed by atoms with E-state index in [0.29, 0.717) is 23.4 Å². The van der Waals surface area contributed by atoms with Gasteiger partial charge in [0.25, 0.3) is 11.5 Å². The number of hydrogen-bond donors (Lipinski definition) is 1. The summed E-state index contributed by atoms with van der Waals surface area (Å²) in [5.74, 6) is -0.319. The van der Waals surface area contributed by atoms with Crippen LogP contribution in [0.4, 0.5) is 5.69 Å². The molecule has 184 valence electrons. The van der Waals surface area contributed by atoms with Crippen molar-refractivity contribution in [1.29, 1.82) is 0 Å². The summed E-state index contributed by atoms with van der Waals surface area (Å²) in [6.07, 6.45) is 6.34. The van der Waals surface area contributed by atoms with Crippen LogP contribution in [0.5, 0.6) is 0 Å². The lowest BCUT2D eigenvalue weighted by Crippen LogP contribution is -2.33. The molecular formula is C30H32N4O2. The van der Waals surface area contributed by atoms with Crippen LogP contribution in [-0.4, -0.2) is 33.7 Å². The molecule has 0 spiro atoms. The summed E-state index contributed by atoms with van der Waals surface area (Å²) in [4.78, 5) is 29.1. The molecule has 1 saturated carbocycles. The summed E-state index contributed by atoms with van der Waals surface area (Å²) < 4.78 is 1.38. The topological polar surface area (TPSA) is 67.2 Å². The van der Waals surface area contributed by atoms with Crippen molar-refractivity contribution in [3.8, 4) is 0 Å². The number of anilines is 1. The molecule has 0 bridgehead atoms. The van der Waals surface area contributed by atoms with E-state index in [0.717, 1.165) is 23.4 Å². The van der Waals surface area contributed by atoms with E-state index in [1.165, 1.54) is 36.8 Å². The van der Waals surface area contributed by atoms with Crippen molar-refractivity contribution in [1.82, 2.24) is 14.7 Å². The van der Waals surface area contributed by atoms with E-state index in [-0.39, 0.29) is 17.2 Å². The van der Waals surface area contributed by atoms with Gasteiger partial charge in [-0.1, -0.05) is 86.0 Å². The molecule has 1 fully saturated rings. The van der Waals surface area contributed by atoms with Gasteiger partial charge < -0.3 is 5.32 Å². The molecule has 1 N–H and O–H groups in total. The Morgan fingerprint density at radius 3 is 2.36 bits per heavy atom. The van der Waals surface area contributed by atoms with Gasteiger partial charge in [0.05, 0.1) is 11.9 Å². The number of aromatic nitrogens is 2. The Morgan fingerprint density at radius 1 is 0.917 bits per heavy atom. The highest BCUT2D eigenvalue weighted by Crippen LogP contribution is 2.25. The highest BCUT2D eigenvalue weighted by molar-refractivity contribution is 6.11. The molecule has 0 aliphatic heterocycles. The smallest absolute Gasteiger partial charge is 0.276 e. The Labute approximate surface area is 211 Å². The first kappa shape index (κ1) is 23.9. The van der Waals surface area contributed by atoms with Gasteiger partial charge in [-0.3, -0.25) is 14.5 Å². The molecule has 0 unspecified atom stereocenters. The van der Waals surface area contributed by atoms with Crippen LogP contribution in [0.2, 0.25) is 0 Å². The van der Waals surface area contributed by atoms with Gasteiger partial charge in [-0.05, 0) is 43.1 Å². The zero-order chi connectivity index (χ0) is 24.9. The molecule has 6 nitrogen and oxygen atoms in total. The first-order chi connectivity index (χ1) is 17.6. The van der Waals surface area contributed by atoms with Crippen LogP contribution in [0, 0.1) is 0 Å². The molecule has 1 aromatic heterocycles. The second-order valence-electron chi connectivity index (χ2n) is 9.66. The van der Waals surface area contributed by atoms with Crippen molar-refractivity contribution in [3.05, 3.63) is 106 Å². The second kappa shape index (κ2) is 10.9. The molecule has 1 aliphatic rings. The minimum absolute atomic E-state index is 0.208. The molecule has 3 aromatic carbocycles. The van der Waals surface area contributed by atoms with Crippen molar-refractivity contribution in [2.45, 2.75) is 51.2 Å². The zero-order valence-corrected chi connectivity index (χ0v) is 20.7. The van der Waals surface area contributed by atoms with Crippen LogP contribution in [0.15, 0.2) is 83.7 Å². The number of benzene rings is 3. The molecule has 0 atom stereocenters. The number of hydrogen-bond acceptors (Lipinski definition) is 4. The van der Waals surface area contributed by atoms with E-state index in [4.69, 9.17) is 0 Å². The Morgan fingerprint density at radius 2 is 1.58 bits per heavy atom. The third kappa shape index (κ3) is 5.24. The van der Waals surface area contributed by atoms with E-state index in [1.54, 1.807) is 12.1 Å². The van der Waals surface area contributed by atoms with Gasteiger partial charge in [0.2, 0.25) is 0 Å². The molecule has 0 saturated heterocycles. The first-order valence-electron chi connectivity index (χ1n) is 12.7. The summed E-state index contributed by atoms with van der Waals surface area (Å²) in [6.45, 7) is 1.07. The number of rotatable bonds is 7. The maximum atomic E-state index is 13.6. The lowest BCUT2D eigenvalue weighted by atomic mass is 9.94. The van der Waals surface area contributed by atoms with Crippen LogP contribution in [0.1, 0.15) is 53.7 Å². The normalized spacial score (nSPS) is 14.3. The summed E-state index contributed by atoms with van der Waals surface area (Å²) in [5.41, 5.74) is 2.83.